The number of piperazine rings is 1. The van der Waals surface area contributed by atoms with Gasteiger partial charge < -0.3 is 24.9 Å². The van der Waals surface area contributed by atoms with Crippen LogP contribution in [0.1, 0.15) is 24.5 Å². The zero-order chi connectivity index (χ0) is 18.6. The summed E-state index contributed by atoms with van der Waals surface area (Å²) in [5.74, 6) is -1.74. The SMILES string of the molecule is CN1CCN(c2c(F)cc3c(c2Cl)N(C2CC2)C=C(C(=O)O)C3O)CC1. The topological polar surface area (TPSA) is 67.2 Å². The molecule has 2 fully saturated rings. The molecule has 2 heterocycles. The number of aliphatic hydroxyl groups is 1. The Labute approximate surface area is 156 Å². The third-order valence-electron chi connectivity index (χ3n) is 5.33. The lowest BCUT2D eigenvalue weighted by Gasteiger charge is -2.38. The van der Waals surface area contributed by atoms with E-state index >= 15 is 0 Å². The summed E-state index contributed by atoms with van der Waals surface area (Å²) in [4.78, 5) is 17.4. The molecule has 26 heavy (non-hydrogen) atoms. The highest BCUT2D eigenvalue weighted by atomic mass is 35.5. The maximum Gasteiger partial charge on any atom is 0.336 e. The molecule has 140 valence electrons. The smallest absolute Gasteiger partial charge is 0.336 e. The van der Waals surface area contributed by atoms with Crippen molar-refractivity contribution in [1.29, 1.82) is 0 Å². The number of carbonyl (C=O) groups is 1. The summed E-state index contributed by atoms with van der Waals surface area (Å²) < 4.78 is 14.9. The Hall–Kier alpha value is -1.83. The van der Waals surface area contributed by atoms with E-state index in [1.165, 1.54) is 12.3 Å². The molecular weight excluding hydrogens is 361 g/mol. The fraction of sp³-hybridized carbons (Fsp3) is 0.500. The number of carboxylic acid groups (broad SMARTS) is 1. The van der Waals surface area contributed by atoms with Crippen molar-refractivity contribution in [3.05, 3.63) is 34.2 Å². The molecule has 6 nitrogen and oxygen atoms in total. The van der Waals surface area contributed by atoms with E-state index in [9.17, 15) is 19.4 Å². The predicted molar refractivity (Wildman–Crippen MR) is 97.3 cm³/mol. The molecule has 1 saturated carbocycles. The highest BCUT2D eigenvalue weighted by molar-refractivity contribution is 6.36. The number of hydrogen-bond donors (Lipinski definition) is 2. The lowest BCUT2D eigenvalue weighted by atomic mass is 9.95. The minimum Gasteiger partial charge on any atom is -0.478 e. The summed E-state index contributed by atoms with van der Waals surface area (Å²) in [6.07, 6.45) is 1.88. The van der Waals surface area contributed by atoms with Crippen LogP contribution >= 0.6 is 11.6 Å². The molecule has 0 bridgehead atoms. The highest BCUT2D eigenvalue weighted by Crippen LogP contribution is 2.49. The summed E-state index contributed by atoms with van der Waals surface area (Å²) in [7, 11) is 2.02. The van der Waals surface area contributed by atoms with Gasteiger partial charge in [-0.1, -0.05) is 11.6 Å². The molecule has 1 aliphatic carbocycles. The fourth-order valence-electron chi connectivity index (χ4n) is 3.67. The van der Waals surface area contributed by atoms with Crippen LogP contribution in [0.15, 0.2) is 17.8 Å². The lowest BCUT2D eigenvalue weighted by Crippen LogP contribution is -2.45. The minimum absolute atomic E-state index is 0.138. The Morgan fingerprint density at radius 2 is 1.88 bits per heavy atom. The monoisotopic (exact) mass is 381 g/mol. The van der Waals surface area contributed by atoms with E-state index in [0.29, 0.717) is 24.5 Å². The third kappa shape index (κ3) is 2.84. The molecule has 1 aromatic carbocycles. The maximum atomic E-state index is 14.9. The molecule has 0 radical (unpaired) electrons. The number of rotatable bonds is 3. The first-order valence-electron chi connectivity index (χ1n) is 8.75. The third-order valence-corrected chi connectivity index (χ3v) is 5.69. The molecule has 1 atom stereocenters. The lowest BCUT2D eigenvalue weighted by molar-refractivity contribution is -0.133. The van der Waals surface area contributed by atoms with Crippen LogP contribution in [0, 0.1) is 5.82 Å². The van der Waals surface area contributed by atoms with Gasteiger partial charge in [-0.05, 0) is 26.0 Å². The van der Waals surface area contributed by atoms with Crippen molar-refractivity contribution >= 4 is 28.9 Å². The fourth-order valence-corrected chi connectivity index (χ4v) is 4.09. The minimum atomic E-state index is -1.40. The standard InChI is InChI=1S/C18H21ClFN3O3/c1-21-4-6-22(7-5-21)16-13(20)8-11-15(14(16)19)23(10-2-3-10)9-12(17(11)24)18(25)26/h8-10,17,24H,2-7H2,1H3,(H,25,26). The Morgan fingerprint density at radius 3 is 2.46 bits per heavy atom. The highest BCUT2D eigenvalue weighted by Gasteiger charge is 2.40. The Morgan fingerprint density at radius 1 is 1.23 bits per heavy atom. The summed E-state index contributed by atoms with van der Waals surface area (Å²) in [5, 5.41) is 20.1. The molecule has 3 aliphatic rings. The number of benzene rings is 1. The van der Waals surface area contributed by atoms with Gasteiger partial charge in [0.1, 0.15) is 11.9 Å². The number of hydrogen-bond acceptors (Lipinski definition) is 5. The number of aliphatic carboxylic acids is 1. The second-order valence-corrected chi connectivity index (χ2v) is 7.56. The average molecular weight is 382 g/mol. The molecular formula is C18H21ClFN3O3. The molecule has 2 aliphatic heterocycles. The Kier molecular flexibility index (Phi) is 4.33. The van der Waals surface area contributed by atoms with Crippen LogP contribution < -0.4 is 9.80 Å². The summed E-state index contributed by atoms with van der Waals surface area (Å²) >= 11 is 6.64. The van der Waals surface area contributed by atoms with E-state index in [1.807, 2.05) is 11.9 Å². The molecule has 8 heteroatoms. The van der Waals surface area contributed by atoms with E-state index in [0.717, 1.165) is 25.9 Å². The van der Waals surface area contributed by atoms with Crippen LogP contribution in [-0.4, -0.2) is 60.4 Å². The average Bonchev–Trinajstić information content (AvgIpc) is 3.42. The molecule has 0 spiro atoms. The van der Waals surface area contributed by atoms with Gasteiger partial charge in [-0.2, -0.15) is 0 Å². The van der Waals surface area contributed by atoms with Crippen LogP contribution in [0.5, 0.6) is 0 Å². The Balaban J connectivity index is 1.82. The quantitative estimate of drug-likeness (QED) is 0.836. The van der Waals surface area contributed by atoms with Crippen LogP contribution in [-0.2, 0) is 4.79 Å². The van der Waals surface area contributed by atoms with Gasteiger partial charge in [0.05, 0.1) is 22.0 Å². The van der Waals surface area contributed by atoms with E-state index < -0.39 is 17.9 Å². The van der Waals surface area contributed by atoms with Crippen LogP contribution in [0.25, 0.3) is 0 Å². The molecule has 1 unspecified atom stereocenters. The number of carboxylic acids is 1. The maximum absolute atomic E-state index is 14.9. The van der Waals surface area contributed by atoms with Crippen molar-refractivity contribution in [3.63, 3.8) is 0 Å². The molecule has 4 rings (SSSR count). The molecule has 1 aromatic rings. The van der Waals surface area contributed by atoms with Gasteiger partial charge in [0, 0.05) is 44.0 Å². The summed E-state index contributed by atoms with van der Waals surface area (Å²) in [5.41, 5.74) is 0.926. The molecule has 1 saturated heterocycles. The molecule has 0 amide bonds. The van der Waals surface area contributed by atoms with E-state index in [4.69, 9.17) is 11.6 Å². The summed E-state index contributed by atoms with van der Waals surface area (Å²) in [6.45, 7) is 2.94. The van der Waals surface area contributed by atoms with E-state index in [1.54, 1.807) is 4.90 Å². The number of anilines is 2. The van der Waals surface area contributed by atoms with E-state index in [2.05, 4.69) is 4.90 Å². The van der Waals surface area contributed by atoms with Gasteiger partial charge >= 0.3 is 5.97 Å². The number of nitrogens with zero attached hydrogens (tertiary/aromatic N) is 3. The van der Waals surface area contributed by atoms with Crippen molar-refractivity contribution in [2.75, 3.05) is 43.0 Å². The number of likely N-dealkylation sites (N-methyl/N-ethyl adjacent to an activating group) is 1. The van der Waals surface area contributed by atoms with Crippen LogP contribution in [0.2, 0.25) is 5.02 Å². The first-order valence-corrected chi connectivity index (χ1v) is 9.13. The van der Waals surface area contributed by atoms with Crippen molar-refractivity contribution in [2.24, 2.45) is 0 Å². The van der Waals surface area contributed by atoms with Gasteiger partial charge in [-0.25, -0.2) is 9.18 Å². The van der Waals surface area contributed by atoms with Crippen molar-refractivity contribution < 1.29 is 19.4 Å². The Bertz CT molecular complexity index is 788. The predicted octanol–water partition coefficient (Wildman–Crippen LogP) is 2.22. The first kappa shape index (κ1) is 17.6. The normalized spacial score (nSPS) is 23.7. The number of fused-ring (bicyclic) bond motifs is 1. The van der Waals surface area contributed by atoms with Gasteiger partial charge in [-0.3, -0.25) is 0 Å². The summed E-state index contributed by atoms with van der Waals surface area (Å²) in [6, 6.07) is 1.38. The molecule has 0 aromatic heterocycles. The first-order chi connectivity index (χ1) is 12.4. The van der Waals surface area contributed by atoms with Crippen LogP contribution in [0.4, 0.5) is 15.8 Å². The van der Waals surface area contributed by atoms with Gasteiger partial charge in [0.25, 0.3) is 0 Å². The zero-order valence-corrected chi connectivity index (χ0v) is 15.2. The van der Waals surface area contributed by atoms with Crippen molar-refractivity contribution in [2.45, 2.75) is 25.0 Å². The number of halogens is 2. The van der Waals surface area contributed by atoms with Crippen molar-refractivity contribution in [3.8, 4) is 0 Å². The van der Waals surface area contributed by atoms with E-state index in [-0.39, 0.29) is 22.2 Å². The second-order valence-electron chi connectivity index (χ2n) is 7.18. The van der Waals surface area contributed by atoms with Crippen molar-refractivity contribution in [1.82, 2.24) is 4.90 Å². The molecule has 2 N–H and O–H groups in total. The van der Waals surface area contributed by atoms with Crippen LogP contribution in [0.3, 0.4) is 0 Å². The largest absolute Gasteiger partial charge is 0.478 e. The van der Waals surface area contributed by atoms with Gasteiger partial charge in [0.15, 0.2) is 0 Å². The zero-order valence-electron chi connectivity index (χ0n) is 14.5. The van der Waals surface area contributed by atoms with Gasteiger partial charge in [0.2, 0.25) is 0 Å². The van der Waals surface area contributed by atoms with Gasteiger partial charge in [-0.15, -0.1) is 0 Å². The second kappa shape index (κ2) is 6.40. The number of aliphatic hydroxyl groups excluding tert-OH is 1.